The molecule has 1 aromatic carbocycles. The van der Waals surface area contributed by atoms with Crippen LogP contribution in [-0.4, -0.2) is 68.0 Å². The van der Waals surface area contributed by atoms with Crippen molar-refractivity contribution in [2.75, 3.05) is 44.9 Å². The first kappa shape index (κ1) is 21.1. The molecule has 0 aromatic heterocycles. The monoisotopic (exact) mass is 409 g/mol. The molecule has 1 aromatic rings. The van der Waals surface area contributed by atoms with E-state index in [0.29, 0.717) is 13.1 Å². The van der Waals surface area contributed by atoms with Crippen molar-refractivity contribution in [2.24, 2.45) is 0 Å². The number of anilines is 1. The van der Waals surface area contributed by atoms with Crippen LogP contribution in [0.1, 0.15) is 0 Å². The van der Waals surface area contributed by atoms with Crippen molar-refractivity contribution in [3.63, 3.8) is 0 Å². The number of ether oxygens (including phenoxy) is 1. The summed E-state index contributed by atoms with van der Waals surface area (Å²) in [5, 5.41) is 22.6. The number of piperazine rings is 1. The van der Waals surface area contributed by atoms with E-state index in [0.717, 1.165) is 12.3 Å². The van der Waals surface area contributed by atoms with E-state index >= 15 is 0 Å². The molecule has 1 heterocycles. The molecule has 0 saturated carbocycles. The molecule has 0 aliphatic carbocycles. The number of non-ortho nitro benzene ring substituents is 1. The predicted molar refractivity (Wildman–Crippen MR) is 100.0 cm³/mol. The maximum absolute atomic E-state index is 12.4. The summed E-state index contributed by atoms with van der Waals surface area (Å²) in [6.07, 6.45) is 2.50. The molecule has 150 valence electrons. The molecule has 1 fully saturated rings. The predicted octanol–water partition coefficient (Wildman–Crippen LogP) is 0.527. The number of amides is 1. The molecule has 0 radical (unpaired) electrons. The van der Waals surface area contributed by atoms with Crippen LogP contribution in [0, 0.1) is 21.4 Å². The number of methoxy groups -OCH3 is 1. The molecule has 0 bridgehead atoms. The average Bonchev–Trinajstić information content (AvgIpc) is 2.65. The van der Waals surface area contributed by atoms with Crippen LogP contribution in [0.2, 0.25) is 0 Å². The highest BCUT2D eigenvalue weighted by Crippen LogP contribution is 2.29. The highest BCUT2D eigenvalue weighted by atomic mass is 32.2. The third-order valence-electron chi connectivity index (χ3n) is 4.06. The molecule has 2 rings (SSSR count). The van der Waals surface area contributed by atoms with Gasteiger partial charge in [-0.05, 0) is 6.07 Å². The van der Waals surface area contributed by atoms with Crippen LogP contribution in [0.3, 0.4) is 0 Å². The van der Waals surface area contributed by atoms with Crippen molar-refractivity contribution in [3.8, 4) is 11.8 Å². The van der Waals surface area contributed by atoms with E-state index in [2.05, 4.69) is 5.32 Å². The van der Waals surface area contributed by atoms with Crippen LogP contribution < -0.4 is 10.1 Å². The van der Waals surface area contributed by atoms with Gasteiger partial charge in [0.25, 0.3) is 11.6 Å². The lowest BCUT2D eigenvalue weighted by Gasteiger charge is -2.32. The Balaban J connectivity index is 2.11. The van der Waals surface area contributed by atoms with Gasteiger partial charge in [0.05, 0.1) is 30.0 Å². The lowest BCUT2D eigenvalue weighted by Crippen LogP contribution is -2.46. The molecule has 1 N–H and O–H groups in total. The molecular formula is C16H19N5O6S. The molecule has 11 nitrogen and oxygen atoms in total. The fourth-order valence-electron chi connectivity index (χ4n) is 2.57. The largest absolute Gasteiger partial charge is 0.494 e. The zero-order chi connectivity index (χ0) is 20.9. The van der Waals surface area contributed by atoms with Gasteiger partial charge in [-0.15, -0.1) is 0 Å². The van der Waals surface area contributed by atoms with Crippen LogP contribution in [-0.2, 0) is 14.8 Å². The van der Waals surface area contributed by atoms with E-state index in [1.54, 1.807) is 11.0 Å². The summed E-state index contributed by atoms with van der Waals surface area (Å²) in [4.78, 5) is 24.3. The van der Waals surface area contributed by atoms with Gasteiger partial charge in [0.15, 0.2) is 0 Å². The number of carbonyl (C=O) groups excluding carboxylic acids is 1. The number of benzene rings is 1. The summed E-state index contributed by atoms with van der Waals surface area (Å²) in [5.41, 5.74) is -0.205. The lowest BCUT2D eigenvalue weighted by molar-refractivity contribution is -0.384. The molecule has 0 unspecified atom stereocenters. The van der Waals surface area contributed by atoms with Crippen molar-refractivity contribution in [2.45, 2.75) is 0 Å². The number of nitro groups is 1. The van der Waals surface area contributed by atoms with Crippen LogP contribution in [0.5, 0.6) is 5.75 Å². The zero-order valence-electron chi connectivity index (χ0n) is 15.3. The van der Waals surface area contributed by atoms with Gasteiger partial charge in [-0.1, -0.05) is 0 Å². The van der Waals surface area contributed by atoms with E-state index < -0.39 is 20.9 Å². The Morgan fingerprint density at radius 2 is 2.00 bits per heavy atom. The van der Waals surface area contributed by atoms with E-state index in [9.17, 15) is 28.6 Å². The topological polar surface area (TPSA) is 146 Å². The number of hydrogen-bond acceptors (Lipinski definition) is 8. The minimum Gasteiger partial charge on any atom is -0.494 e. The molecule has 0 spiro atoms. The van der Waals surface area contributed by atoms with E-state index in [-0.39, 0.29) is 35.8 Å². The van der Waals surface area contributed by atoms with E-state index in [4.69, 9.17) is 4.74 Å². The highest BCUT2D eigenvalue weighted by Gasteiger charge is 2.23. The molecule has 1 amide bonds. The number of sulfonamides is 1. The van der Waals surface area contributed by atoms with Crippen molar-refractivity contribution >= 4 is 27.3 Å². The second-order valence-electron chi connectivity index (χ2n) is 5.95. The van der Waals surface area contributed by atoms with Crippen LogP contribution in [0.4, 0.5) is 11.4 Å². The van der Waals surface area contributed by atoms with Crippen LogP contribution in [0.15, 0.2) is 30.0 Å². The maximum atomic E-state index is 12.4. The second-order valence-corrected chi connectivity index (χ2v) is 7.93. The quantitative estimate of drug-likeness (QED) is 0.310. The first-order valence-corrected chi connectivity index (χ1v) is 9.95. The van der Waals surface area contributed by atoms with Gasteiger partial charge in [-0.3, -0.25) is 14.9 Å². The summed E-state index contributed by atoms with van der Waals surface area (Å²) >= 11 is 0. The Labute approximate surface area is 162 Å². The van der Waals surface area contributed by atoms with Gasteiger partial charge >= 0.3 is 0 Å². The molecule has 12 heteroatoms. The van der Waals surface area contributed by atoms with Gasteiger partial charge in [-0.2, -0.15) is 9.57 Å². The number of rotatable bonds is 6. The summed E-state index contributed by atoms with van der Waals surface area (Å²) in [6, 6.07) is 5.49. The van der Waals surface area contributed by atoms with Crippen LogP contribution in [0.25, 0.3) is 0 Å². The third-order valence-corrected chi connectivity index (χ3v) is 5.37. The number of hydrogen-bond donors (Lipinski definition) is 1. The van der Waals surface area contributed by atoms with E-state index in [1.807, 2.05) is 0 Å². The van der Waals surface area contributed by atoms with Crippen molar-refractivity contribution in [3.05, 3.63) is 40.1 Å². The smallest absolute Gasteiger partial charge is 0.273 e. The number of carbonyl (C=O) groups is 1. The highest BCUT2D eigenvalue weighted by molar-refractivity contribution is 7.88. The van der Waals surface area contributed by atoms with Gasteiger partial charge in [0.2, 0.25) is 10.0 Å². The second kappa shape index (κ2) is 8.68. The summed E-state index contributed by atoms with van der Waals surface area (Å²) in [7, 11) is -1.98. The first-order chi connectivity index (χ1) is 13.2. The fraction of sp³-hybridized carbons (Fsp3) is 0.375. The Kier molecular flexibility index (Phi) is 6.55. The van der Waals surface area contributed by atoms with Crippen molar-refractivity contribution < 1.29 is 22.9 Å². The minimum atomic E-state index is -3.28. The Morgan fingerprint density at radius 1 is 1.36 bits per heavy atom. The first-order valence-electron chi connectivity index (χ1n) is 8.10. The number of nitro benzene ring substituents is 1. The standard InChI is InChI=1S/C16H19N5O6S/c1-27-15-9-13(21(23)24)3-4-14(15)18-16(22)12(10-17)11-19-5-7-20(8-6-19)28(2,25)26/h3-4,9,11H,5-8H2,1-2H3,(H,18,22)/b12-11-. The van der Waals surface area contributed by atoms with Crippen molar-refractivity contribution in [1.29, 1.82) is 5.26 Å². The Hall–Kier alpha value is -3.17. The normalized spacial score (nSPS) is 15.6. The zero-order valence-corrected chi connectivity index (χ0v) is 16.1. The van der Waals surface area contributed by atoms with Gasteiger partial charge in [0, 0.05) is 38.4 Å². The number of nitrogens with one attached hydrogen (secondary N) is 1. The number of nitrogens with zero attached hydrogens (tertiary/aromatic N) is 4. The maximum Gasteiger partial charge on any atom is 0.273 e. The van der Waals surface area contributed by atoms with Gasteiger partial charge in [-0.25, -0.2) is 8.42 Å². The molecule has 1 aliphatic rings. The molecular weight excluding hydrogens is 390 g/mol. The van der Waals surface area contributed by atoms with Crippen LogP contribution >= 0.6 is 0 Å². The minimum absolute atomic E-state index is 0.0848. The summed E-state index contributed by atoms with van der Waals surface area (Å²) in [6.45, 7) is 1.19. The Bertz CT molecular complexity index is 945. The molecule has 1 saturated heterocycles. The Morgan fingerprint density at radius 3 is 2.50 bits per heavy atom. The summed E-state index contributed by atoms with van der Waals surface area (Å²) < 4.78 is 29.4. The SMILES string of the molecule is COc1cc([N+](=O)[O-])ccc1NC(=O)/C(C#N)=C\N1CCN(S(C)(=O)=O)CC1. The number of nitriles is 1. The third kappa shape index (κ3) is 5.18. The summed E-state index contributed by atoms with van der Waals surface area (Å²) in [5.74, 6) is -0.623. The molecule has 1 aliphatic heterocycles. The molecule has 28 heavy (non-hydrogen) atoms. The van der Waals surface area contributed by atoms with Gasteiger partial charge in [0.1, 0.15) is 17.4 Å². The average molecular weight is 409 g/mol. The lowest BCUT2D eigenvalue weighted by atomic mass is 10.2. The van der Waals surface area contributed by atoms with Gasteiger partial charge < -0.3 is 15.0 Å². The van der Waals surface area contributed by atoms with E-state index in [1.165, 1.54) is 29.7 Å². The molecule has 0 atom stereocenters. The van der Waals surface area contributed by atoms with Crippen molar-refractivity contribution in [1.82, 2.24) is 9.21 Å². The fourth-order valence-corrected chi connectivity index (χ4v) is 3.40.